The van der Waals surface area contributed by atoms with Crippen LogP contribution in [0.15, 0.2) is 51.6 Å². The van der Waals surface area contributed by atoms with E-state index in [1.54, 1.807) is 12.3 Å². The Bertz CT molecular complexity index is 537. The Morgan fingerprint density at radius 1 is 1.32 bits per heavy atom. The van der Waals surface area contributed by atoms with E-state index < -0.39 is 0 Å². The quantitative estimate of drug-likeness (QED) is 0.910. The molecule has 4 heteroatoms. The normalized spacial score (nSPS) is 12.1. The van der Waals surface area contributed by atoms with Gasteiger partial charge in [0.2, 0.25) is 0 Å². The molecule has 0 saturated heterocycles. The molecule has 0 saturated carbocycles. The van der Waals surface area contributed by atoms with Gasteiger partial charge in [0.1, 0.15) is 5.76 Å². The van der Waals surface area contributed by atoms with Gasteiger partial charge in [-0.15, -0.1) is 0 Å². The number of hydrogen-bond acceptors (Lipinski definition) is 2. The summed E-state index contributed by atoms with van der Waals surface area (Å²) in [6, 6.07) is 11.3. The molecule has 0 aliphatic carbocycles. The van der Waals surface area contributed by atoms with Crippen LogP contribution >= 0.6 is 15.9 Å². The third-order valence-electron chi connectivity index (χ3n) is 2.90. The third kappa shape index (κ3) is 3.96. The molecule has 1 heterocycles. The van der Waals surface area contributed by atoms with Crippen molar-refractivity contribution >= 4 is 21.8 Å². The Hall–Kier alpha value is -1.55. The summed E-state index contributed by atoms with van der Waals surface area (Å²) >= 11 is 3.38. The minimum Gasteiger partial charge on any atom is -0.469 e. The predicted molar refractivity (Wildman–Crippen MR) is 78.1 cm³/mol. The lowest BCUT2D eigenvalue weighted by Gasteiger charge is -2.13. The summed E-state index contributed by atoms with van der Waals surface area (Å²) in [5, 5.41) is 2.99. The fourth-order valence-electron chi connectivity index (χ4n) is 1.83. The summed E-state index contributed by atoms with van der Waals surface area (Å²) in [6.45, 7) is 2.00. The molecule has 1 amide bonds. The van der Waals surface area contributed by atoms with Gasteiger partial charge in [-0.3, -0.25) is 4.79 Å². The van der Waals surface area contributed by atoms with Crippen molar-refractivity contribution in [1.82, 2.24) is 5.32 Å². The van der Waals surface area contributed by atoms with Gasteiger partial charge in [-0.25, -0.2) is 0 Å². The molecule has 19 heavy (non-hydrogen) atoms. The monoisotopic (exact) mass is 321 g/mol. The average Bonchev–Trinajstić information content (AvgIpc) is 2.90. The number of furan rings is 1. The Labute approximate surface area is 121 Å². The summed E-state index contributed by atoms with van der Waals surface area (Å²) in [5.74, 6) is 0.890. The van der Waals surface area contributed by atoms with Crippen molar-refractivity contribution in [2.45, 2.75) is 25.8 Å². The van der Waals surface area contributed by atoms with Crippen LogP contribution < -0.4 is 5.32 Å². The SMILES string of the molecule is C[C@H](CCc1ccco1)NC(=O)c1ccccc1Br. The molecule has 2 aromatic rings. The van der Waals surface area contributed by atoms with E-state index in [9.17, 15) is 4.79 Å². The highest BCUT2D eigenvalue weighted by atomic mass is 79.9. The van der Waals surface area contributed by atoms with Crippen molar-refractivity contribution < 1.29 is 9.21 Å². The zero-order valence-corrected chi connectivity index (χ0v) is 12.3. The molecule has 1 aromatic heterocycles. The molecule has 0 radical (unpaired) electrons. The molecular formula is C15H16BrNO2. The van der Waals surface area contributed by atoms with Crippen LogP contribution in [0.4, 0.5) is 0 Å². The van der Waals surface area contributed by atoms with E-state index in [1.807, 2.05) is 37.3 Å². The molecule has 0 unspecified atom stereocenters. The third-order valence-corrected chi connectivity index (χ3v) is 3.59. The van der Waals surface area contributed by atoms with Crippen molar-refractivity contribution in [3.05, 3.63) is 58.5 Å². The molecule has 1 atom stereocenters. The Kier molecular flexibility index (Phi) is 4.80. The van der Waals surface area contributed by atoms with E-state index in [4.69, 9.17) is 4.42 Å². The van der Waals surface area contributed by atoms with Gasteiger partial charge in [-0.05, 0) is 53.5 Å². The Morgan fingerprint density at radius 2 is 2.11 bits per heavy atom. The first-order valence-corrected chi connectivity index (χ1v) is 7.04. The Morgan fingerprint density at radius 3 is 2.79 bits per heavy atom. The van der Waals surface area contributed by atoms with E-state index in [2.05, 4.69) is 21.2 Å². The number of amides is 1. The summed E-state index contributed by atoms with van der Waals surface area (Å²) < 4.78 is 6.08. The van der Waals surface area contributed by atoms with Crippen LogP contribution in [0.25, 0.3) is 0 Å². The summed E-state index contributed by atoms with van der Waals surface area (Å²) in [5.41, 5.74) is 0.660. The first-order chi connectivity index (χ1) is 9.16. The van der Waals surface area contributed by atoms with Gasteiger partial charge in [-0.2, -0.15) is 0 Å². The van der Waals surface area contributed by atoms with Crippen molar-refractivity contribution in [3.63, 3.8) is 0 Å². The zero-order chi connectivity index (χ0) is 13.7. The second-order valence-corrected chi connectivity index (χ2v) is 5.33. The van der Waals surface area contributed by atoms with Crippen LogP contribution in [0.3, 0.4) is 0 Å². The molecule has 1 N–H and O–H groups in total. The van der Waals surface area contributed by atoms with Crippen molar-refractivity contribution in [3.8, 4) is 0 Å². The fourth-order valence-corrected chi connectivity index (χ4v) is 2.30. The molecule has 3 nitrogen and oxygen atoms in total. The van der Waals surface area contributed by atoms with Crippen LogP contribution in [-0.2, 0) is 6.42 Å². The molecule has 100 valence electrons. The van der Waals surface area contributed by atoms with Crippen molar-refractivity contribution in [2.24, 2.45) is 0 Å². The molecule has 0 fully saturated rings. The zero-order valence-electron chi connectivity index (χ0n) is 10.7. The number of carbonyl (C=O) groups is 1. The molecule has 0 spiro atoms. The highest BCUT2D eigenvalue weighted by Gasteiger charge is 2.12. The minimum atomic E-state index is -0.0561. The minimum absolute atomic E-state index is 0.0561. The number of halogens is 1. The molecule has 2 rings (SSSR count). The van der Waals surface area contributed by atoms with Crippen molar-refractivity contribution in [1.29, 1.82) is 0 Å². The lowest BCUT2D eigenvalue weighted by molar-refractivity contribution is 0.0937. The summed E-state index contributed by atoms with van der Waals surface area (Å²) in [4.78, 5) is 12.1. The number of aryl methyl sites for hydroxylation is 1. The summed E-state index contributed by atoms with van der Waals surface area (Å²) in [6.07, 6.45) is 3.34. The highest BCUT2D eigenvalue weighted by molar-refractivity contribution is 9.10. The lowest BCUT2D eigenvalue weighted by atomic mass is 10.1. The molecular weight excluding hydrogens is 306 g/mol. The van der Waals surface area contributed by atoms with Gasteiger partial charge in [0.15, 0.2) is 0 Å². The highest BCUT2D eigenvalue weighted by Crippen LogP contribution is 2.16. The van der Waals surface area contributed by atoms with Crippen LogP contribution in [0, 0.1) is 0 Å². The fraction of sp³-hybridized carbons (Fsp3) is 0.267. The first kappa shape index (κ1) is 13.9. The number of nitrogens with one attached hydrogen (secondary N) is 1. The second kappa shape index (κ2) is 6.57. The maximum Gasteiger partial charge on any atom is 0.252 e. The second-order valence-electron chi connectivity index (χ2n) is 4.47. The van der Waals surface area contributed by atoms with E-state index >= 15 is 0 Å². The molecule has 0 aliphatic heterocycles. The predicted octanol–water partition coefficient (Wildman–Crippen LogP) is 3.79. The van der Waals surface area contributed by atoms with E-state index in [-0.39, 0.29) is 11.9 Å². The molecule has 1 aromatic carbocycles. The van der Waals surface area contributed by atoms with E-state index in [0.717, 1.165) is 23.1 Å². The maximum atomic E-state index is 12.1. The smallest absolute Gasteiger partial charge is 0.252 e. The lowest BCUT2D eigenvalue weighted by Crippen LogP contribution is -2.33. The van der Waals surface area contributed by atoms with Crippen LogP contribution in [0.1, 0.15) is 29.5 Å². The number of rotatable bonds is 5. The maximum absolute atomic E-state index is 12.1. The van der Waals surface area contributed by atoms with Crippen LogP contribution in [0.5, 0.6) is 0 Å². The molecule has 0 aliphatic rings. The van der Waals surface area contributed by atoms with Gasteiger partial charge in [-0.1, -0.05) is 12.1 Å². The van der Waals surface area contributed by atoms with Crippen molar-refractivity contribution in [2.75, 3.05) is 0 Å². The largest absolute Gasteiger partial charge is 0.469 e. The van der Waals surface area contributed by atoms with Gasteiger partial charge >= 0.3 is 0 Å². The van der Waals surface area contributed by atoms with Gasteiger partial charge < -0.3 is 9.73 Å². The van der Waals surface area contributed by atoms with Crippen LogP contribution in [0.2, 0.25) is 0 Å². The van der Waals surface area contributed by atoms with E-state index in [0.29, 0.717) is 5.56 Å². The number of benzene rings is 1. The summed E-state index contributed by atoms with van der Waals surface area (Å²) in [7, 11) is 0. The molecule has 0 bridgehead atoms. The van der Waals surface area contributed by atoms with E-state index in [1.165, 1.54) is 0 Å². The first-order valence-electron chi connectivity index (χ1n) is 6.24. The van der Waals surface area contributed by atoms with Gasteiger partial charge in [0, 0.05) is 16.9 Å². The van der Waals surface area contributed by atoms with Crippen LogP contribution in [-0.4, -0.2) is 11.9 Å². The Balaban J connectivity index is 1.87. The topological polar surface area (TPSA) is 42.2 Å². The standard InChI is InChI=1S/C15H16BrNO2/c1-11(8-9-12-5-4-10-19-12)17-15(18)13-6-2-3-7-14(13)16/h2-7,10-11H,8-9H2,1H3,(H,17,18)/t11-/m1/s1. The number of carbonyl (C=O) groups excluding carboxylic acids is 1. The van der Waals surface area contributed by atoms with Gasteiger partial charge in [0.25, 0.3) is 5.91 Å². The average molecular weight is 322 g/mol. The number of hydrogen-bond donors (Lipinski definition) is 1. The van der Waals surface area contributed by atoms with Gasteiger partial charge in [0.05, 0.1) is 11.8 Å².